The van der Waals surface area contributed by atoms with Gasteiger partial charge in [-0.3, -0.25) is 4.79 Å². The summed E-state index contributed by atoms with van der Waals surface area (Å²) in [5.41, 5.74) is -0.602. The van der Waals surface area contributed by atoms with E-state index in [1.165, 1.54) is 19.3 Å². The second-order valence-corrected chi connectivity index (χ2v) is 6.78. The Labute approximate surface area is 127 Å². The first-order valence-electron chi connectivity index (χ1n) is 7.98. The van der Waals surface area contributed by atoms with Crippen LogP contribution in [-0.4, -0.2) is 24.9 Å². The molecule has 0 aromatic heterocycles. The molecule has 0 aromatic rings. The number of hydrogen-bond donors (Lipinski definition) is 1. The molecule has 21 heavy (non-hydrogen) atoms. The molecule has 5 heteroatoms. The average Bonchev–Trinajstić information content (AvgIpc) is 2.44. The van der Waals surface area contributed by atoms with Crippen LogP contribution in [0.3, 0.4) is 0 Å². The minimum atomic E-state index is -0.817. The Kier molecular flexibility index (Phi) is 6.99. The molecule has 1 amide bonds. The SMILES string of the molecule is CCC(OC(=O)NCC1CCCCC1)OC(=O)C(C)(C)C. The second kappa shape index (κ2) is 8.25. The highest BCUT2D eigenvalue weighted by Gasteiger charge is 2.27. The van der Waals surface area contributed by atoms with Crippen molar-refractivity contribution in [2.45, 2.75) is 72.5 Å². The van der Waals surface area contributed by atoms with Crippen LogP contribution in [0.25, 0.3) is 0 Å². The first-order valence-corrected chi connectivity index (χ1v) is 7.98. The molecule has 1 saturated carbocycles. The lowest BCUT2D eigenvalue weighted by Gasteiger charge is -2.24. The van der Waals surface area contributed by atoms with E-state index in [1.54, 1.807) is 20.8 Å². The number of rotatable bonds is 5. The Bertz CT molecular complexity index is 343. The molecule has 0 saturated heterocycles. The van der Waals surface area contributed by atoms with Gasteiger partial charge in [0.15, 0.2) is 0 Å². The number of amides is 1. The van der Waals surface area contributed by atoms with Crippen LogP contribution in [0, 0.1) is 11.3 Å². The fourth-order valence-corrected chi connectivity index (χ4v) is 2.27. The lowest BCUT2D eigenvalue weighted by molar-refractivity contribution is -0.177. The topological polar surface area (TPSA) is 64.6 Å². The van der Waals surface area contributed by atoms with Crippen molar-refractivity contribution in [1.82, 2.24) is 5.32 Å². The molecule has 122 valence electrons. The van der Waals surface area contributed by atoms with Crippen molar-refractivity contribution in [3.63, 3.8) is 0 Å². The third kappa shape index (κ3) is 6.82. The van der Waals surface area contributed by atoms with Gasteiger partial charge in [0, 0.05) is 13.0 Å². The summed E-state index contributed by atoms with van der Waals surface area (Å²) < 4.78 is 10.4. The average molecular weight is 299 g/mol. The molecular formula is C16H29NO4. The summed E-state index contributed by atoms with van der Waals surface area (Å²) in [6.45, 7) is 7.76. The molecule has 1 aliphatic carbocycles. The van der Waals surface area contributed by atoms with Gasteiger partial charge in [0.25, 0.3) is 0 Å². The van der Waals surface area contributed by atoms with Crippen molar-refractivity contribution < 1.29 is 19.1 Å². The number of ether oxygens (including phenoxy) is 2. The molecule has 0 aromatic carbocycles. The third-order valence-electron chi connectivity index (χ3n) is 3.68. The highest BCUT2D eigenvalue weighted by molar-refractivity contribution is 5.75. The Morgan fingerprint density at radius 2 is 1.76 bits per heavy atom. The summed E-state index contributed by atoms with van der Waals surface area (Å²) in [6.07, 6.45) is 5.22. The highest BCUT2D eigenvalue weighted by atomic mass is 16.7. The lowest BCUT2D eigenvalue weighted by Crippen LogP contribution is -2.36. The van der Waals surface area contributed by atoms with Gasteiger partial charge in [0.2, 0.25) is 6.29 Å². The van der Waals surface area contributed by atoms with Crippen molar-refractivity contribution >= 4 is 12.1 Å². The minimum Gasteiger partial charge on any atom is -0.425 e. The number of carbonyl (C=O) groups is 2. The van der Waals surface area contributed by atoms with Crippen LogP contribution in [0.2, 0.25) is 0 Å². The van der Waals surface area contributed by atoms with E-state index in [1.807, 2.05) is 6.92 Å². The normalized spacial score (nSPS) is 17.9. The number of alkyl carbamates (subject to hydrolysis) is 1. The standard InChI is InChI=1S/C16H29NO4/c1-5-13(20-14(18)16(2,3)4)21-15(19)17-11-12-9-7-6-8-10-12/h12-13H,5-11H2,1-4H3,(H,17,19). The van der Waals surface area contributed by atoms with Crippen LogP contribution in [0.4, 0.5) is 4.79 Å². The maximum atomic E-state index is 11.8. The Morgan fingerprint density at radius 1 is 1.14 bits per heavy atom. The summed E-state index contributed by atoms with van der Waals surface area (Å²) in [4.78, 5) is 23.5. The first-order chi connectivity index (χ1) is 9.82. The number of hydrogen-bond acceptors (Lipinski definition) is 4. The fourth-order valence-electron chi connectivity index (χ4n) is 2.27. The zero-order chi connectivity index (χ0) is 15.9. The van der Waals surface area contributed by atoms with E-state index in [4.69, 9.17) is 9.47 Å². The van der Waals surface area contributed by atoms with Crippen LogP contribution >= 0.6 is 0 Å². The van der Waals surface area contributed by atoms with E-state index in [2.05, 4.69) is 5.32 Å². The van der Waals surface area contributed by atoms with E-state index in [0.717, 1.165) is 12.8 Å². The van der Waals surface area contributed by atoms with Gasteiger partial charge in [-0.2, -0.15) is 0 Å². The molecule has 1 unspecified atom stereocenters. The van der Waals surface area contributed by atoms with E-state index >= 15 is 0 Å². The van der Waals surface area contributed by atoms with Crippen LogP contribution in [0.15, 0.2) is 0 Å². The molecule has 1 aliphatic rings. The summed E-state index contributed by atoms with van der Waals surface area (Å²) in [7, 11) is 0. The summed E-state index contributed by atoms with van der Waals surface area (Å²) in [6, 6.07) is 0. The van der Waals surface area contributed by atoms with Crippen LogP contribution in [0.5, 0.6) is 0 Å². The molecule has 0 aliphatic heterocycles. The van der Waals surface area contributed by atoms with Crippen molar-refractivity contribution in [1.29, 1.82) is 0 Å². The smallest absolute Gasteiger partial charge is 0.410 e. The van der Waals surface area contributed by atoms with Crippen LogP contribution in [0.1, 0.15) is 66.2 Å². The van der Waals surface area contributed by atoms with Crippen LogP contribution in [-0.2, 0) is 14.3 Å². The van der Waals surface area contributed by atoms with E-state index in [0.29, 0.717) is 18.9 Å². The largest absolute Gasteiger partial charge is 0.425 e. The van der Waals surface area contributed by atoms with Gasteiger partial charge in [-0.1, -0.05) is 26.2 Å². The van der Waals surface area contributed by atoms with Gasteiger partial charge in [-0.25, -0.2) is 4.79 Å². The molecule has 0 bridgehead atoms. The van der Waals surface area contributed by atoms with Crippen molar-refractivity contribution in [3.05, 3.63) is 0 Å². The molecule has 0 spiro atoms. The summed E-state index contributed by atoms with van der Waals surface area (Å²) in [5.74, 6) is 0.179. The molecule has 1 atom stereocenters. The van der Waals surface area contributed by atoms with Crippen LogP contribution < -0.4 is 5.32 Å². The molecule has 5 nitrogen and oxygen atoms in total. The molecule has 1 fully saturated rings. The van der Waals surface area contributed by atoms with Gasteiger partial charge in [0.05, 0.1) is 5.41 Å². The quantitative estimate of drug-likeness (QED) is 0.622. The maximum absolute atomic E-state index is 11.8. The van der Waals surface area contributed by atoms with Gasteiger partial charge < -0.3 is 14.8 Å². The predicted octanol–water partition coefficient (Wildman–Crippen LogP) is 3.62. The fraction of sp³-hybridized carbons (Fsp3) is 0.875. The maximum Gasteiger partial charge on any atom is 0.410 e. The molecule has 0 radical (unpaired) electrons. The highest BCUT2D eigenvalue weighted by Crippen LogP contribution is 2.23. The number of nitrogens with one attached hydrogen (secondary N) is 1. The monoisotopic (exact) mass is 299 g/mol. The van der Waals surface area contributed by atoms with E-state index in [9.17, 15) is 9.59 Å². The molecule has 1 N–H and O–H groups in total. The second-order valence-electron chi connectivity index (χ2n) is 6.78. The summed E-state index contributed by atoms with van der Waals surface area (Å²) >= 11 is 0. The molecule has 0 heterocycles. The molecular weight excluding hydrogens is 270 g/mol. The minimum absolute atomic E-state index is 0.366. The summed E-state index contributed by atoms with van der Waals surface area (Å²) in [5, 5.41) is 2.78. The van der Waals surface area contributed by atoms with Gasteiger partial charge in [-0.15, -0.1) is 0 Å². The van der Waals surface area contributed by atoms with E-state index in [-0.39, 0.29) is 5.97 Å². The zero-order valence-corrected chi connectivity index (χ0v) is 13.7. The zero-order valence-electron chi connectivity index (χ0n) is 13.7. The Morgan fingerprint density at radius 3 is 2.29 bits per heavy atom. The Hall–Kier alpha value is -1.26. The van der Waals surface area contributed by atoms with Crippen molar-refractivity contribution in [2.75, 3.05) is 6.54 Å². The van der Waals surface area contributed by atoms with Crippen molar-refractivity contribution in [3.8, 4) is 0 Å². The lowest BCUT2D eigenvalue weighted by atomic mass is 9.89. The predicted molar refractivity (Wildman–Crippen MR) is 80.7 cm³/mol. The van der Waals surface area contributed by atoms with Gasteiger partial charge in [-0.05, 0) is 39.5 Å². The van der Waals surface area contributed by atoms with Gasteiger partial charge >= 0.3 is 12.1 Å². The van der Waals surface area contributed by atoms with Crippen molar-refractivity contribution in [2.24, 2.45) is 11.3 Å². The number of carbonyl (C=O) groups excluding carboxylic acids is 2. The number of esters is 1. The molecule has 1 rings (SSSR count). The van der Waals surface area contributed by atoms with Gasteiger partial charge in [0.1, 0.15) is 0 Å². The van der Waals surface area contributed by atoms with E-state index < -0.39 is 17.8 Å². The first kappa shape index (κ1) is 17.8. The third-order valence-corrected chi connectivity index (χ3v) is 3.68. The Balaban J connectivity index is 2.31.